The van der Waals surface area contributed by atoms with Crippen LogP contribution in [0.15, 0.2) is 48.5 Å². The van der Waals surface area contributed by atoms with Crippen LogP contribution in [-0.2, 0) is 22.6 Å². The molecule has 0 unspecified atom stereocenters. The van der Waals surface area contributed by atoms with Gasteiger partial charge in [0.25, 0.3) is 0 Å². The van der Waals surface area contributed by atoms with Crippen molar-refractivity contribution >= 4 is 23.4 Å². The molecular formula is C22H27ClN2O2. The van der Waals surface area contributed by atoms with E-state index in [9.17, 15) is 9.59 Å². The van der Waals surface area contributed by atoms with Gasteiger partial charge < -0.3 is 10.2 Å². The Hall–Kier alpha value is -2.33. The molecule has 0 fully saturated rings. The predicted molar refractivity (Wildman–Crippen MR) is 110 cm³/mol. The van der Waals surface area contributed by atoms with Gasteiger partial charge in [-0.05, 0) is 50.5 Å². The third-order valence-electron chi connectivity index (χ3n) is 4.51. The molecule has 2 rings (SSSR count). The molecule has 0 aliphatic carbocycles. The molecule has 0 aliphatic heterocycles. The Morgan fingerprint density at radius 2 is 1.81 bits per heavy atom. The van der Waals surface area contributed by atoms with Gasteiger partial charge in [-0.25, -0.2) is 0 Å². The Balaban J connectivity index is 2.12. The molecule has 144 valence electrons. The largest absolute Gasteiger partial charge is 0.355 e. The van der Waals surface area contributed by atoms with Crippen molar-refractivity contribution in [3.05, 3.63) is 70.2 Å². The highest BCUT2D eigenvalue weighted by Crippen LogP contribution is 2.16. The lowest BCUT2D eigenvalue weighted by Crippen LogP contribution is -2.47. The van der Waals surface area contributed by atoms with Crippen LogP contribution in [0.5, 0.6) is 0 Å². The maximum Gasteiger partial charge on any atom is 0.242 e. The fourth-order valence-electron chi connectivity index (χ4n) is 2.89. The Morgan fingerprint density at radius 3 is 2.44 bits per heavy atom. The third kappa shape index (κ3) is 6.40. The van der Waals surface area contributed by atoms with Gasteiger partial charge in [0.1, 0.15) is 6.04 Å². The predicted octanol–water partition coefficient (Wildman–Crippen LogP) is 4.13. The van der Waals surface area contributed by atoms with Crippen molar-refractivity contribution in [1.29, 1.82) is 0 Å². The van der Waals surface area contributed by atoms with E-state index in [4.69, 9.17) is 11.6 Å². The number of nitrogens with one attached hydrogen (secondary N) is 1. The quantitative estimate of drug-likeness (QED) is 0.741. The molecule has 2 amide bonds. The summed E-state index contributed by atoms with van der Waals surface area (Å²) in [5, 5.41) is 3.41. The maximum absolute atomic E-state index is 12.9. The summed E-state index contributed by atoms with van der Waals surface area (Å²) >= 11 is 6.07. The number of likely N-dealkylation sites (N-methyl/N-ethyl adjacent to an activating group) is 1. The fraction of sp³-hybridized carbons (Fsp3) is 0.364. The molecule has 0 bridgehead atoms. The first-order valence-electron chi connectivity index (χ1n) is 9.28. The molecule has 1 N–H and O–H groups in total. The zero-order valence-electron chi connectivity index (χ0n) is 16.2. The van der Waals surface area contributed by atoms with Gasteiger partial charge in [0, 0.05) is 24.5 Å². The normalized spacial score (nSPS) is 11.7. The van der Waals surface area contributed by atoms with E-state index in [0.717, 1.165) is 11.1 Å². The molecule has 0 aliphatic rings. The first-order chi connectivity index (χ1) is 12.9. The summed E-state index contributed by atoms with van der Waals surface area (Å²) in [7, 11) is 0. The van der Waals surface area contributed by atoms with E-state index in [1.807, 2.05) is 56.3 Å². The highest BCUT2D eigenvalue weighted by molar-refractivity contribution is 6.30. The topological polar surface area (TPSA) is 49.4 Å². The number of nitrogens with zero attached hydrogens (tertiary/aromatic N) is 1. The van der Waals surface area contributed by atoms with Crippen molar-refractivity contribution in [3.8, 4) is 0 Å². The SMILES string of the molecule is CCNC(=O)[C@H](C)N(Cc1cccc(Cl)c1)C(=O)CCc1ccc(C)cc1. The van der Waals surface area contributed by atoms with Gasteiger partial charge in [-0.3, -0.25) is 9.59 Å². The van der Waals surface area contributed by atoms with Gasteiger partial charge in [-0.1, -0.05) is 53.6 Å². The monoisotopic (exact) mass is 386 g/mol. The molecule has 0 spiro atoms. The molecule has 2 aromatic rings. The summed E-state index contributed by atoms with van der Waals surface area (Å²) in [6, 6.07) is 15.0. The Labute approximate surface area is 166 Å². The van der Waals surface area contributed by atoms with Crippen LogP contribution in [0.3, 0.4) is 0 Å². The molecule has 0 saturated carbocycles. The van der Waals surface area contributed by atoms with Gasteiger partial charge in [0.15, 0.2) is 0 Å². The van der Waals surface area contributed by atoms with Crippen molar-refractivity contribution in [2.24, 2.45) is 0 Å². The van der Waals surface area contributed by atoms with Crippen LogP contribution in [0.1, 0.15) is 37.0 Å². The standard InChI is InChI=1S/C22H27ClN2O2/c1-4-24-22(27)17(3)25(15-19-6-5-7-20(23)14-19)21(26)13-12-18-10-8-16(2)9-11-18/h5-11,14,17H,4,12-13,15H2,1-3H3,(H,24,27)/t17-/m0/s1. The number of amides is 2. The van der Waals surface area contributed by atoms with Crippen molar-refractivity contribution in [2.75, 3.05) is 6.54 Å². The minimum atomic E-state index is -0.547. The van der Waals surface area contributed by atoms with Crippen molar-refractivity contribution in [3.63, 3.8) is 0 Å². The summed E-state index contributed by atoms with van der Waals surface area (Å²) in [4.78, 5) is 26.9. The second-order valence-electron chi connectivity index (χ2n) is 6.71. The molecule has 0 saturated heterocycles. The number of carbonyl (C=O) groups is 2. The smallest absolute Gasteiger partial charge is 0.242 e. The highest BCUT2D eigenvalue weighted by Gasteiger charge is 2.25. The number of benzene rings is 2. The number of carbonyl (C=O) groups excluding carboxylic acids is 2. The van der Waals surface area contributed by atoms with Crippen LogP contribution in [-0.4, -0.2) is 29.3 Å². The lowest BCUT2D eigenvalue weighted by Gasteiger charge is -2.29. The van der Waals surface area contributed by atoms with E-state index >= 15 is 0 Å². The van der Waals surface area contributed by atoms with Gasteiger partial charge >= 0.3 is 0 Å². The van der Waals surface area contributed by atoms with Crippen LogP contribution < -0.4 is 5.32 Å². The summed E-state index contributed by atoms with van der Waals surface area (Å²) in [6.07, 6.45) is 1.00. The zero-order chi connectivity index (χ0) is 19.8. The molecule has 2 aromatic carbocycles. The number of hydrogen-bond donors (Lipinski definition) is 1. The van der Waals surface area contributed by atoms with E-state index in [-0.39, 0.29) is 11.8 Å². The van der Waals surface area contributed by atoms with Gasteiger partial charge in [0.05, 0.1) is 0 Å². The third-order valence-corrected chi connectivity index (χ3v) is 4.74. The van der Waals surface area contributed by atoms with Crippen LogP contribution in [0.25, 0.3) is 0 Å². The van der Waals surface area contributed by atoms with Crippen LogP contribution in [0.4, 0.5) is 0 Å². The Bertz CT molecular complexity index is 774. The van der Waals surface area contributed by atoms with Gasteiger partial charge in [-0.15, -0.1) is 0 Å². The van der Waals surface area contributed by atoms with Gasteiger partial charge in [0.2, 0.25) is 11.8 Å². The van der Waals surface area contributed by atoms with E-state index in [0.29, 0.717) is 31.0 Å². The zero-order valence-corrected chi connectivity index (χ0v) is 16.9. The molecular weight excluding hydrogens is 360 g/mol. The summed E-state index contributed by atoms with van der Waals surface area (Å²) < 4.78 is 0. The van der Waals surface area contributed by atoms with Crippen LogP contribution >= 0.6 is 11.6 Å². The molecule has 1 atom stereocenters. The maximum atomic E-state index is 12.9. The summed E-state index contributed by atoms with van der Waals surface area (Å²) in [5.41, 5.74) is 3.21. The lowest BCUT2D eigenvalue weighted by molar-refractivity contribution is -0.140. The average molecular weight is 387 g/mol. The second kappa shape index (κ2) is 10.1. The molecule has 27 heavy (non-hydrogen) atoms. The number of aryl methyl sites for hydroxylation is 2. The first-order valence-corrected chi connectivity index (χ1v) is 9.65. The van der Waals surface area contributed by atoms with E-state index in [2.05, 4.69) is 5.32 Å². The number of rotatable bonds is 8. The van der Waals surface area contributed by atoms with E-state index in [1.165, 1.54) is 5.56 Å². The van der Waals surface area contributed by atoms with E-state index in [1.54, 1.807) is 17.9 Å². The number of halogens is 1. The van der Waals surface area contributed by atoms with Crippen molar-refractivity contribution < 1.29 is 9.59 Å². The average Bonchev–Trinajstić information content (AvgIpc) is 2.65. The Morgan fingerprint density at radius 1 is 1.11 bits per heavy atom. The fourth-order valence-corrected chi connectivity index (χ4v) is 3.10. The lowest BCUT2D eigenvalue weighted by atomic mass is 10.1. The summed E-state index contributed by atoms with van der Waals surface area (Å²) in [5.74, 6) is -0.197. The summed E-state index contributed by atoms with van der Waals surface area (Å²) in [6.45, 7) is 6.55. The van der Waals surface area contributed by atoms with Crippen LogP contribution in [0.2, 0.25) is 5.02 Å². The van der Waals surface area contributed by atoms with Crippen molar-refractivity contribution in [1.82, 2.24) is 10.2 Å². The highest BCUT2D eigenvalue weighted by atomic mass is 35.5. The molecule has 0 heterocycles. The molecule has 0 radical (unpaired) electrons. The minimum Gasteiger partial charge on any atom is -0.355 e. The number of hydrogen-bond acceptors (Lipinski definition) is 2. The van der Waals surface area contributed by atoms with E-state index < -0.39 is 6.04 Å². The Kier molecular flexibility index (Phi) is 7.86. The first kappa shape index (κ1) is 21.0. The van der Waals surface area contributed by atoms with Crippen molar-refractivity contribution in [2.45, 2.75) is 46.2 Å². The minimum absolute atomic E-state index is 0.0469. The van der Waals surface area contributed by atoms with Crippen LogP contribution in [0, 0.1) is 6.92 Å². The molecule has 0 aromatic heterocycles. The molecule has 5 heteroatoms. The molecule has 4 nitrogen and oxygen atoms in total. The second-order valence-corrected chi connectivity index (χ2v) is 7.14. The van der Waals surface area contributed by atoms with Gasteiger partial charge in [-0.2, -0.15) is 0 Å².